The fourth-order valence-corrected chi connectivity index (χ4v) is 3.53. The second-order valence-electron chi connectivity index (χ2n) is 6.61. The van der Waals surface area contributed by atoms with Gasteiger partial charge in [0, 0.05) is 24.1 Å². The van der Waals surface area contributed by atoms with Crippen molar-refractivity contribution in [3.8, 4) is 0 Å². The van der Waals surface area contributed by atoms with E-state index in [0.717, 1.165) is 16.7 Å². The Labute approximate surface area is 129 Å². The smallest absolute Gasteiger partial charge is 0.319 e. The molecule has 1 aromatic heterocycles. The summed E-state index contributed by atoms with van der Waals surface area (Å²) < 4.78 is 27.0. The Morgan fingerprint density at radius 2 is 2.05 bits per heavy atom. The molecule has 2 aromatic rings. The highest BCUT2D eigenvalue weighted by molar-refractivity contribution is 5.59. The average molecular weight is 305 g/mol. The van der Waals surface area contributed by atoms with Crippen molar-refractivity contribution >= 4 is 5.69 Å². The summed E-state index contributed by atoms with van der Waals surface area (Å²) >= 11 is 0. The molecule has 22 heavy (non-hydrogen) atoms. The van der Waals surface area contributed by atoms with Gasteiger partial charge in [-0.2, -0.15) is 8.78 Å². The van der Waals surface area contributed by atoms with Crippen LogP contribution in [0, 0.1) is 0 Å². The molecule has 1 aliphatic heterocycles. The van der Waals surface area contributed by atoms with E-state index in [1.54, 1.807) is 0 Å². The van der Waals surface area contributed by atoms with Gasteiger partial charge in [0.15, 0.2) is 0 Å². The molecule has 0 spiro atoms. The number of fused-ring (bicyclic) bond motifs is 1. The average Bonchev–Trinajstić information content (AvgIpc) is 2.91. The van der Waals surface area contributed by atoms with E-state index >= 15 is 0 Å². The van der Waals surface area contributed by atoms with Crippen molar-refractivity contribution in [2.75, 3.05) is 4.90 Å². The molecule has 0 bridgehead atoms. The van der Waals surface area contributed by atoms with Crippen molar-refractivity contribution < 1.29 is 8.78 Å². The largest absolute Gasteiger partial charge is 0.361 e. The van der Waals surface area contributed by atoms with Crippen molar-refractivity contribution in [3.05, 3.63) is 48.0 Å². The lowest BCUT2D eigenvalue weighted by molar-refractivity contribution is 0.0668. The predicted molar refractivity (Wildman–Crippen MR) is 83.2 cm³/mol. The summed E-state index contributed by atoms with van der Waals surface area (Å²) in [7, 11) is 0. The number of nitrogens with zero attached hydrogens (tertiary/aromatic N) is 3. The molecule has 118 valence electrons. The number of aromatic nitrogens is 2. The minimum Gasteiger partial charge on any atom is -0.361 e. The predicted octanol–water partition coefficient (Wildman–Crippen LogP) is 4.35. The third kappa shape index (κ3) is 2.49. The van der Waals surface area contributed by atoms with Crippen molar-refractivity contribution in [1.82, 2.24) is 9.55 Å². The number of halogens is 2. The number of imidazole rings is 1. The molecule has 1 aliphatic rings. The SMILES string of the molecule is C[C@H]1CC(C)(C)c2ccccc2N1Cc1nccn1C(F)F. The molecule has 0 saturated heterocycles. The molecule has 1 atom stereocenters. The Morgan fingerprint density at radius 1 is 1.32 bits per heavy atom. The van der Waals surface area contributed by atoms with Crippen molar-refractivity contribution in [2.45, 2.75) is 51.7 Å². The highest BCUT2D eigenvalue weighted by Gasteiger charge is 2.35. The van der Waals surface area contributed by atoms with Crippen LogP contribution in [0.3, 0.4) is 0 Å². The van der Waals surface area contributed by atoms with Gasteiger partial charge in [-0.1, -0.05) is 32.0 Å². The van der Waals surface area contributed by atoms with Crippen LogP contribution in [-0.2, 0) is 12.0 Å². The van der Waals surface area contributed by atoms with Crippen LogP contribution in [0.2, 0.25) is 0 Å². The number of hydrogen-bond acceptors (Lipinski definition) is 2. The highest BCUT2D eigenvalue weighted by atomic mass is 19.3. The highest BCUT2D eigenvalue weighted by Crippen LogP contribution is 2.42. The van der Waals surface area contributed by atoms with Crippen LogP contribution in [0.4, 0.5) is 14.5 Å². The van der Waals surface area contributed by atoms with E-state index < -0.39 is 6.55 Å². The third-order valence-electron chi connectivity index (χ3n) is 4.55. The first-order valence-corrected chi connectivity index (χ1v) is 7.56. The summed E-state index contributed by atoms with van der Waals surface area (Å²) in [5.74, 6) is 0.399. The van der Waals surface area contributed by atoms with Crippen LogP contribution >= 0.6 is 0 Å². The maximum atomic E-state index is 13.0. The Bertz CT molecular complexity index is 663. The number of alkyl halides is 2. The molecule has 5 heteroatoms. The van der Waals surface area contributed by atoms with Gasteiger partial charge < -0.3 is 4.90 Å². The Kier molecular flexibility index (Phi) is 3.67. The molecular formula is C17H21F2N3. The van der Waals surface area contributed by atoms with Crippen LogP contribution in [0.1, 0.15) is 45.1 Å². The van der Waals surface area contributed by atoms with Gasteiger partial charge in [-0.15, -0.1) is 0 Å². The van der Waals surface area contributed by atoms with E-state index in [1.165, 1.54) is 18.0 Å². The molecule has 0 radical (unpaired) electrons. The molecule has 3 nitrogen and oxygen atoms in total. The molecule has 2 heterocycles. The first-order chi connectivity index (χ1) is 10.4. The molecule has 0 unspecified atom stereocenters. The fourth-order valence-electron chi connectivity index (χ4n) is 3.53. The molecule has 3 rings (SSSR count). The number of hydrogen-bond donors (Lipinski definition) is 0. The number of anilines is 1. The van der Waals surface area contributed by atoms with Gasteiger partial charge in [0.2, 0.25) is 0 Å². The number of benzene rings is 1. The Hall–Kier alpha value is -1.91. The lowest BCUT2D eigenvalue weighted by Gasteiger charge is -2.44. The van der Waals surface area contributed by atoms with Crippen molar-refractivity contribution in [1.29, 1.82) is 0 Å². The van der Waals surface area contributed by atoms with Gasteiger partial charge in [-0.25, -0.2) is 4.98 Å². The molecular weight excluding hydrogens is 284 g/mol. The normalized spacial score (nSPS) is 20.3. The van der Waals surface area contributed by atoms with E-state index in [9.17, 15) is 8.78 Å². The summed E-state index contributed by atoms with van der Waals surface area (Å²) in [4.78, 5) is 6.30. The van der Waals surface area contributed by atoms with Crippen LogP contribution in [0.25, 0.3) is 0 Å². The topological polar surface area (TPSA) is 21.1 Å². The fraction of sp³-hybridized carbons (Fsp3) is 0.471. The monoisotopic (exact) mass is 305 g/mol. The first-order valence-electron chi connectivity index (χ1n) is 7.56. The van der Waals surface area contributed by atoms with Crippen molar-refractivity contribution in [3.63, 3.8) is 0 Å². The van der Waals surface area contributed by atoms with E-state index in [2.05, 4.69) is 42.8 Å². The van der Waals surface area contributed by atoms with E-state index in [4.69, 9.17) is 0 Å². The van der Waals surface area contributed by atoms with Gasteiger partial charge in [0.1, 0.15) is 5.82 Å². The lowest BCUT2D eigenvalue weighted by atomic mass is 9.75. The second-order valence-corrected chi connectivity index (χ2v) is 6.61. The zero-order valence-corrected chi connectivity index (χ0v) is 13.1. The number of para-hydroxylation sites is 1. The van der Waals surface area contributed by atoms with Gasteiger partial charge in [0.05, 0.1) is 6.54 Å². The molecule has 0 saturated carbocycles. The van der Waals surface area contributed by atoms with Crippen LogP contribution in [0.15, 0.2) is 36.7 Å². The summed E-state index contributed by atoms with van der Waals surface area (Å²) in [6.07, 6.45) is 3.76. The molecule has 1 aromatic carbocycles. The standard InChI is InChI=1S/C17H21F2N3/c1-12-10-17(2,3)13-6-4-5-7-14(13)22(12)11-15-20-8-9-21(15)16(18)19/h4-9,12,16H,10-11H2,1-3H3/t12-/m0/s1. The minimum absolute atomic E-state index is 0.0879. The van der Waals surface area contributed by atoms with Crippen LogP contribution < -0.4 is 4.90 Å². The summed E-state index contributed by atoms with van der Waals surface area (Å²) in [5, 5.41) is 0. The van der Waals surface area contributed by atoms with Gasteiger partial charge in [-0.05, 0) is 30.4 Å². The Balaban J connectivity index is 1.98. The van der Waals surface area contributed by atoms with E-state index in [1.807, 2.05) is 12.1 Å². The first kappa shape index (κ1) is 15.0. The van der Waals surface area contributed by atoms with Gasteiger partial charge >= 0.3 is 6.55 Å². The zero-order chi connectivity index (χ0) is 15.9. The van der Waals surface area contributed by atoms with Gasteiger partial charge in [-0.3, -0.25) is 4.57 Å². The third-order valence-corrected chi connectivity index (χ3v) is 4.55. The van der Waals surface area contributed by atoms with Crippen molar-refractivity contribution in [2.24, 2.45) is 0 Å². The molecule has 0 aliphatic carbocycles. The summed E-state index contributed by atoms with van der Waals surface area (Å²) in [6.45, 7) is 4.46. The zero-order valence-electron chi connectivity index (χ0n) is 13.1. The maximum absolute atomic E-state index is 13.0. The minimum atomic E-state index is -2.55. The van der Waals surface area contributed by atoms with Crippen LogP contribution in [-0.4, -0.2) is 15.6 Å². The number of rotatable bonds is 3. The summed E-state index contributed by atoms with van der Waals surface area (Å²) in [6, 6.07) is 8.51. The quantitative estimate of drug-likeness (QED) is 0.840. The molecule has 0 amide bonds. The van der Waals surface area contributed by atoms with E-state index in [0.29, 0.717) is 12.4 Å². The second kappa shape index (κ2) is 5.38. The van der Waals surface area contributed by atoms with Crippen LogP contribution in [0.5, 0.6) is 0 Å². The van der Waals surface area contributed by atoms with Gasteiger partial charge in [0.25, 0.3) is 0 Å². The lowest BCUT2D eigenvalue weighted by Crippen LogP contribution is -2.43. The summed E-state index contributed by atoms with van der Waals surface area (Å²) in [5.41, 5.74) is 2.48. The molecule has 0 fully saturated rings. The molecule has 0 N–H and O–H groups in total. The Morgan fingerprint density at radius 3 is 2.77 bits per heavy atom. The maximum Gasteiger partial charge on any atom is 0.319 e. The van der Waals surface area contributed by atoms with E-state index in [-0.39, 0.29) is 11.5 Å².